The van der Waals surface area contributed by atoms with Crippen LogP contribution in [0.4, 0.5) is 0 Å². The molecule has 122 valence electrons. The Morgan fingerprint density at radius 3 is 2.96 bits per heavy atom. The molecule has 0 bridgehead atoms. The number of hydrogen-bond donors (Lipinski definition) is 1. The number of thiazole rings is 1. The van der Waals surface area contributed by atoms with Crippen molar-refractivity contribution in [1.82, 2.24) is 20.2 Å². The molecule has 1 N–H and O–H groups in total. The van der Waals surface area contributed by atoms with Crippen molar-refractivity contribution in [1.29, 1.82) is 0 Å². The van der Waals surface area contributed by atoms with E-state index in [9.17, 15) is 4.79 Å². The first kappa shape index (κ1) is 16.4. The van der Waals surface area contributed by atoms with Crippen LogP contribution in [0.3, 0.4) is 0 Å². The Labute approximate surface area is 144 Å². The van der Waals surface area contributed by atoms with Crippen molar-refractivity contribution in [3.05, 3.63) is 34.6 Å². The predicted molar refractivity (Wildman–Crippen MR) is 93.0 cm³/mol. The number of nitrogens with one attached hydrogen (secondary N) is 1. The van der Waals surface area contributed by atoms with Crippen LogP contribution in [-0.4, -0.2) is 47.0 Å². The van der Waals surface area contributed by atoms with Crippen LogP contribution < -0.4 is 5.32 Å². The summed E-state index contributed by atoms with van der Waals surface area (Å²) in [6, 6.07) is 3.74. The van der Waals surface area contributed by atoms with Crippen LogP contribution in [0.2, 0.25) is 5.15 Å². The van der Waals surface area contributed by atoms with E-state index in [-0.39, 0.29) is 11.1 Å². The molecule has 0 spiro atoms. The molecule has 1 aliphatic heterocycles. The fourth-order valence-electron chi connectivity index (χ4n) is 2.65. The average Bonchev–Trinajstić information content (AvgIpc) is 3.22. The molecule has 7 heteroatoms. The molecular weight excluding hydrogens is 332 g/mol. The van der Waals surface area contributed by atoms with Gasteiger partial charge in [0.1, 0.15) is 9.88 Å². The molecule has 1 aliphatic rings. The van der Waals surface area contributed by atoms with Crippen molar-refractivity contribution < 1.29 is 4.79 Å². The third-order valence-corrected chi connectivity index (χ3v) is 5.32. The SMILES string of the molecule is O=C(NCCCN1CCCC1)c1sc(-c2cccnc2)nc1Cl. The number of amides is 1. The topological polar surface area (TPSA) is 58.1 Å². The van der Waals surface area contributed by atoms with Crippen molar-refractivity contribution in [3.63, 3.8) is 0 Å². The zero-order valence-electron chi connectivity index (χ0n) is 12.8. The fraction of sp³-hybridized carbons (Fsp3) is 0.438. The zero-order chi connectivity index (χ0) is 16.1. The molecule has 0 aromatic carbocycles. The van der Waals surface area contributed by atoms with Gasteiger partial charge in [-0.15, -0.1) is 11.3 Å². The molecule has 0 atom stereocenters. The van der Waals surface area contributed by atoms with Crippen LogP contribution in [0.15, 0.2) is 24.5 Å². The number of carbonyl (C=O) groups is 1. The quantitative estimate of drug-likeness (QED) is 0.813. The van der Waals surface area contributed by atoms with Gasteiger partial charge >= 0.3 is 0 Å². The summed E-state index contributed by atoms with van der Waals surface area (Å²) in [6.07, 6.45) is 6.96. The first-order chi connectivity index (χ1) is 11.2. The zero-order valence-corrected chi connectivity index (χ0v) is 14.4. The summed E-state index contributed by atoms with van der Waals surface area (Å²) in [7, 11) is 0. The predicted octanol–water partition coefficient (Wildman–Crippen LogP) is 3.07. The van der Waals surface area contributed by atoms with Gasteiger partial charge in [0, 0.05) is 24.5 Å². The lowest BCUT2D eigenvalue weighted by Crippen LogP contribution is -2.28. The van der Waals surface area contributed by atoms with Gasteiger partial charge in [-0.1, -0.05) is 11.6 Å². The minimum absolute atomic E-state index is 0.149. The minimum Gasteiger partial charge on any atom is -0.351 e. The molecular formula is C16H19ClN4OS. The molecule has 3 heterocycles. The number of pyridine rings is 1. The van der Waals surface area contributed by atoms with Crippen LogP contribution in [-0.2, 0) is 0 Å². The highest BCUT2D eigenvalue weighted by Crippen LogP contribution is 2.30. The van der Waals surface area contributed by atoms with Gasteiger partial charge in [0.25, 0.3) is 5.91 Å². The molecule has 23 heavy (non-hydrogen) atoms. The van der Waals surface area contributed by atoms with Gasteiger partial charge in [-0.3, -0.25) is 9.78 Å². The second-order valence-corrected chi connectivity index (χ2v) is 6.90. The Balaban J connectivity index is 1.54. The summed E-state index contributed by atoms with van der Waals surface area (Å²) in [6.45, 7) is 4.07. The first-order valence-corrected chi connectivity index (χ1v) is 9.01. The molecule has 5 nitrogen and oxygen atoms in total. The molecule has 0 aliphatic carbocycles. The Morgan fingerprint density at radius 1 is 1.39 bits per heavy atom. The van der Waals surface area contributed by atoms with E-state index in [1.54, 1.807) is 12.4 Å². The monoisotopic (exact) mass is 350 g/mol. The average molecular weight is 351 g/mol. The van der Waals surface area contributed by atoms with E-state index in [0.717, 1.165) is 18.5 Å². The molecule has 1 amide bonds. The number of rotatable bonds is 6. The third kappa shape index (κ3) is 4.28. The molecule has 2 aromatic heterocycles. The summed E-state index contributed by atoms with van der Waals surface area (Å²) in [5.41, 5.74) is 0.868. The van der Waals surface area contributed by atoms with Gasteiger partial charge in [0.15, 0.2) is 5.15 Å². The second kappa shape index (κ2) is 7.86. The number of likely N-dealkylation sites (tertiary alicyclic amines) is 1. The number of hydrogen-bond acceptors (Lipinski definition) is 5. The van der Waals surface area contributed by atoms with Crippen molar-refractivity contribution in [2.24, 2.45) is 0 Å². The van der Waals surface area contributed by atoms with Crippen LogP contribution in [0.5, 0.6) is 0 Å². The normalized spacial score (nSPS) is 15.0. The van der Waals surface area contributed by atoms with Gasteiger partial charge < -0.3 is 10.2 Å². The Hall–Kier alpha value is -1.50. The number of nitrogens with zero attached hydrogens (tertiary/aromatic N) is 3. The van der Waals surface area contributed by atoms with Gasteiger partial charge in [0.05, 0.1) is 0 Å². The molecule has 3 rings (SSSR count). The maximum absolute atomic E-state index is 12.3. The smallest absolute Gasteiger partial charge is 0.264 e. The molecule has 0 unspecified atom stereocenters. The highest BCUT2D eigenvalue weighted by atomic mass is 35.5. The Morgan fingerprint density at radius 2 is 2.22 bits per heavy atom. The second-order valence-electron chi connectivity index (χ2n) is 5.54. The van der Waals surface area contributed by atoms with Crippen molar-refractivity contribution in [2.75, 3.05) is 26.2 Å². The van der Waals surface area contributed by atoms with E-state index in [2.05, 4.69) is 20.2 Å². The van der Waals surface area contributed by atoms with Crippen LogP contribution in [0.1, 0.15) is 28.9 Å². The van der Waals surface area contributed by atoms with E-state index < -0.39 is 0 Å². The fourth-order valence-corrected chi connectivity index (χ4v) is 3.85. The van der Waals surface area contributed by atoms with E-state index >= 15 is 0 Å². The number of carbonyl (C=O) groups excluding carboxylic acids is 1. The van der Waals surface area contributed by atoms with Gasteiger partial charge in [-0.2, -0.15) is 0 Å². The Bertz CT molecular complexity index is 655. The minimum atomic E-state index is -0.149. The van der Waals surface area contributed by atoms with E-state index in [1.165, 1.54) is 37.3 Å². The highest BCUT2D eigenvalue weighted by Gasteiger charge is 2.17. The molecule has 1 saturated heterocycles. The van der Waals surface area contributed by atoms with Gasteiger partial charge in [-0.25, -0.2) is 4.98 Å². The maximum atomic E-state index is 12.3. The lowest BCUT2D eigenvalue weighted by molar-refractivity contribution is 0.0956. The van der Waals surface area contributed by atoms with Crippen molar-refractivity contribution in [2.45, 2.75) is 19.3 Å². The summed E-state index contributed by atoms with van der Waals surface area (Å²) in [5.74, 6) is -0.149. The Kier molecular flexibility index (Phi) is 5.59. The largest absolute Gasteiger partial charge is 0.351 e. The molecule has 1 fully saturated rings. The van der Waals surface area contributed by atoms with Gasteiger partial charge in [-0.05, 0) is 51.0 Å². The first-order valence-electron chi connectivity index (χ1n) is 7.81. The lowest BCUT2D eigenvalue weighted by Gasteiger charge is -2.14. The lowest BCUT2D eigenvalue weighted by atomic mass is 10.3. The van der Waals surface area contributed by atoms with E-state index in [4.69, 9.17) is 11.6 Å². The summed E-state index contributed by atoms with van der Waals surface area (Å²) in [5, 5.41) is 3.90. The van der Waals surface area contributed by atoms with E-state index in [0.29, 0.717) is 16.4 Å². The standard InChI is InChI=1S/C16H19ClN4OS/c17-14-13(23-16(20-14)12-5-3-6-18-11-12)15(22)19-7-4-10-21-8-1-2-9-21/h3,5-6,11H,1-2,4,7-10H2,(H,19,22). The molecule has 0 radical (unpaired) electrons. The maximum Gasteiger partial charge on any atom is 0.264 e. The van der Waals surface area contributed by atoms with Crippen LogP contribution in [0.25, 0.3) is 10.6 Å². The van der Waals surface area contributed by atoms with Crippen molar-refractivity contribution >= 4 is 28.8 Å². The van der Waals surface area contributed by atoms with Gasteiger partial charge in [0.2, 0.25) is 0 Å². The van der Waals surface area contributed by atoms with E-state index in [1.807, 2.05) is 12.1 Å². The highest BCUT2D eigenvalue weighted by molar-refractivity contribution is 7.17. The number of aromatic nitrogens is 2. The van der Waals surface area contributed by atoms with Crippen LogP contribution in [0, 0.1) is 0 Å². The summed E-state index contributed by atoms with van der Waals surface area (Å²) in [4.78, 5) is 23.5. The summed E-state index contributed by atoms with van der Waals surface area (Å²) < 4.78 is 0. The van der Waals surface area contributed by atoms with Crippen molar-refractivity contribution in [3.8, 4) is 10.6 Å². The third-order valence-electron chi connectivity index (χ3n) is 3.84. The summed E-state index contributed by atoms with van der Waals surface area (Å²) >= 11 is 7.41. The number of halogens is 1. The molecule has 0 saturated carbocycles. The van der Waals surface area contributed by atoms with Crippen LogP contribution >= 0.6 is 22.9 Å². The molecule has 2 aromatic rings.